The first-order chi connectivity index (χ1) is 15.4. The van der Waals surface area contributed by atoms with Gasteiger partial charge in [0.1, 0.15) is 5.60 Å². The molecule has 0 aromatic carbocycles. The van der Waals surface area contributed by atoms with E-state index in [2.05, 4.69) is 20.6 Å². The number of hydrogen-bond donors (Lipinski definition) is 3. The number of nitrogens with zero attached hydrogens (tertiary/aromatic N) is 4. The zero-order chi connectivity index (χ0) is 22.5. The van der Waals surface area contributed by atoms with Gasteiger partial charge >= 0.3 is 5.97 Å². The van der Waals surface area contributed by atoms with Gasteiger partial charge in [0.15, 0.2) is 5.65 Å². The molecule has 1 amide bonds. The SMILES string of the molecule is CCn1ncc2c(NC3CCC(C(=O)O)CC3)c(C3=NOC4(C3)CC(C(N)=O)C4)cnc21. The smallest absolute Gasteiger partial charge is 0.306 e. The fourth-order valence-corrected chi connectivity index (χ4v) is 5.25. The van der Waals surface area contributed by atoms with Crippen LogP contribution in [0.4, 0.5) is 5.69 Å². The molecule has 0 atom stereocenters. The van der Waals surface area contributed by atoms with Crippen LogP contribution in [0.25, 0.3) is 11.0 Å². The number of carboxylic acid groups (broad SMARTS) is 1. The highest BCUT2D eigenvalue weighted by molar-refractivity contribution is 6.11. The summed E-state index contributed by atoms with van der Waals surface area (Å²) in [7, 11) is 0. The lowest BCUT2D eigenvalue weighted by molar-refractivity contribution is -0.144. The summed E-state index contributed by atoms with van der Waals surface area (Å²) in [6.45, 7) is 2.73. The van der Waals surface area contributed by atoms with Crippen molar-refractivity contribution in [2.24, 2.45) is 22.7 Å². The average molecular weight is 441 g/mol. The van der Waals surface area contributed by atoms with Gasteiger partial charge < -0.3 is 21.0 Å². The van der Waals surface area contributed by atoms with Crippen LogP contribution in [-0.4, -0.2) is 49.1 Å². The molecule has 5 rings (SSSR count). The second-order valence-electron chi connectivity index (χ2n) is 9.27. The lowest BCUT2D eigenvalue weighted by Gasteiger charge is -2.40. The van der Waals surface area contributed by atoms with Crippen LogP contribution in [0.2, 0.25) is 0 Å². The molecule has 2 saturated carbocycles. The number of pyridine rings is 1. The summed E-state index contributed by atoms with van der Waals surface area (Å²) < 4.78 is 1.85. The first kappa shape index (κ1) is 20.7. The minimum atomic E-state index is -0.711. The van der Waals surface area contributed by atoms with Crippen LogP contribution in [0.1, 0.15) is 57.4 Å². The van der Waals surface area contributed by atoms with Gasteiger partial charge in [0, 0.05) is 49.5 Å². The van der Waals surface area contributed by atoms with Gasteiger partial charge in [0.2, 0.25) is 5.91 Å². The second-order valence-corrected chi connectivity index (χ2v) is 9.27. The minimum Gasteiger partial charge on any atom is -0.481 e. The van der Waals surface area contributed by atoms with E-state index in [0.717, 1.165) is 40.8 Å². The van der Waals surface area contributed by atoms with Crippen LogP contribution in [0, 0.1) is 11.8 Å². The largest absolute Gasteiger partial charge is 0.481 e. The summed E-state index contributed by atoms with van der Waals surface area (Å²) >= 11 is 0. The number of nitrogens with two attached hydrogens (primary N) is 1. The number of anilines is 1. The van der Waals surface area contributed by atoms with E-state index in [1.165, 1.54) is 0 Å². The highest BCUT2D eigenvalue weighted by Gasteiger charge is 2.53. The number of hydrogen-bond acceptors (Lipinski definition) is 7. The molecule has 32 heavy (non-hydrogen) atoms. The Morgan fingerprint density at radius 2 is 2.00 bits per heavy atom. The Balaban J connectivity index is 1.42. The standard InChI is InChI=1S/C22H28N6O4/c1-2-28-20-16(11-25-28)18(26-14-5-3-12(4-6-14)21(30)31)15(10-24-20)17-9-22(32-27-17)7-13(8-22)19(23)29/h10-14H,2-9H2,1H3,(H2,23,29)(H,24,26)(H,30,31). The number of rotatable bonds is 6. The van der Waals surface area contributed by atoms with Gasteiger partial charge in [0.25, 0.3) is 0 Å². The Labute approximate surface area is 185 Å². The molecular weight excluding hydrogens is 412 g/mol. The van der Waals surface area contributed by atoms with Gasteiger partial charge in [-0.2, -0.15) is 5.10 Å². The van der Waals surface area contributed by atoms with Crippen molar-refractivity contribution >= 4 is 34.3 Å². The van der Waals surface area contributed by atoms with Crippen LogP contribution in [0.15, 0.2) is 17.5 Å². The van der Waals surface area contributed by atoms with Gasteiger partial charge in [-0.1, -0.05) is 5.16 Å². The Morgan fingerprint density at radius 3 is 2.66 bits per heavy atom. The number of carbonyl (C=O) groups is 2. The van der Waals surface area contributed by atoms with Crippen LogP contribution in [-0.2, 0) is 21.0 Å². The Kier molecular flexibility index (Phi) is 5.02. The predicted octanol–water partition coefficient (Wildman–Crippen LogP) is 2.26. The highest BCUT2D eigenvalue weighted by Crippen LogP contribution is 2.48. The van der Waals surface area contributed by atoms with E-state index in [4.69, 9.17) is 10.6 Å². The van der Waals surface area contributed by atoms with Crippen molar-refractivity contribution in [3.8, 4) is 0 Å². The summed E-state index contributed by atoms with van der Waals surface area (Å²) in [5.74, 6) is -1.42. The number of primary amides is 1. The third-order valence-corrected chi connectivity index (χ3v) is 7.18. The molecule has 0 bridgehead atoms. The van der Waals surface area contributed by atoms with Crippen molar-refractivity contribution < 1.29 is 19.5 Å². The molecule has 4 N–H and O–H groups in total. The van der Waals surface area contributed by atoms with E-state index >= 15 is 0 Å². The van der Waals surface area contributed by atoms with Gasteiger partial charge in [0.05, 0.1) is 28.9 Å². The van der Waals surface area contributed by atoms with Crippen LogP contribution >= 0.6 is 0 Å². The maximum atomic E-state index is 11.5. The van der Waals surface area contributed by atoms with E-state index in [1.807, 2.05) is 24.0 Å². The number of aromatic nitrogens is 3. The molecular formula is C22H28N6O4. The van der Waals surface area contributed by atoms with Crippen molar-refractivity contribution in [3.05, 3.63) is 18.0 Å². The molecule has 1 aliphatic heterocycles. The lowest BCUT2D eigenvalue weighted by atomic mass is 9.68. The maximum absolute atomic E-state index is 11.5. The third-order valence-electron chi connectivity index (χ3n) is 7.18. The lowest BCUT2D eigenvalue weighted by Crippen LogP contribution is -2.49. The summed E-state index contributed by atoms with van der Waals surface area (Å²) in [5.41, 5.74) is 8.36. The Hall–Kier alpha value is -3.17. The molecule has 10 heteroatoms. The Bertz CT molecular complexity index is 1100. The van der Waals surface area contributed by atoms with Gasteiger partial charge in [-0.25, -0.2) is 9.67 Å². The first-order valence-electron chi connectivity index (χ1n) is 11.3. The molecule has 0 radical (unpaired) electrons. The summed E-state index contributed by atoms with van der Waals surface area (Å²) in [5, 5.41) is 22.7. The van der Waals surface area contributed by atoms with Crippen LogP contribution in [0.5, 0.6) is 0 Å². The second kappa shape index (κ2) is 7.75. The van der Waals surface area contributed by atoms with Gasteiger partial charge in [-0.15, -0.1) is 0 Å². The van der Waals surface area contributed by atoms with E-state index in [-0.39, 0.29) is 23.8 Å². The molecule has 2 fully saturated rings. The van der Waals surface area contributed by atoms with Crippen molar-refractivity contribution in [1.29, 1.82) is 0 Å². The van der Waals surface area contributed by atoms with Gasteiger partial charge in [-0.3, -0.25) is 9.59 Å². The molecule has 2 aromatic rings. The molecule has 2 aliphatic carbocycles. The molecule has 2 aromatic heterocycles. The quantitative estimate of drug-likeness (QED) is 0.625. The van der Waals surface area contributed by atoms with Crippen LogP contribution in [0.3, 0.4) is 0 Å². The Morgan fingerprint density at radius 1 is 1.25 bits per heavy atom. The number of aryl methyl sites for hydroxylation is 1. The number of carboxylic acids is 1. The van der Waals surface area contributed by atoms with Crippen molar-refractivity contribution in [1.82, 2.24) is 14.8 Å². The summed E-state index contributed by atoms with van der Waals surface area (Å²) in [4.78, 5) is 33.2. The number of oxime groups is 1. The molecule has 0 saturated heterocycles. The predicted molar refractivity (Wildman–Crippen MR) is 117 cm³/mol. The fourth-order valence-electron chi connectivity index (χ4n) is 5.25. The molecule has 3 aliphatic rings. The maximum Gasteiger partial charge on any atom is 0.306 e. The number of aliphatic carboxylic acids is 1. The van der Waals surface area contributed by atoms with Crippen molar-refractivity contribution in [2.75, 3.05) is 5.32 Å². The van der Waals surface area contributed by atoms with Crippen LogP contribution < -0.4 is 11.1 Å². The normalized spacial score (nSPS) is 29.4. The molecule has 10 nitrogen and oxygen atoms in total. The minimum absolute atomic E-state index is 0.157. The fraction of sp³-hybridized carbons (Fsp3) is 0.591. The van der Waals surface area contributed by atoms with Crippen molar-refractivity contribution in [2.45, 2.75) is 70.1 Å². The average Bonchev–Trinajstić information content (AvgIpc) is 3.38. The molecule has 0 unspecified atom stereocenters. The number of amides is 1. The number of nitrogens with one attached hydrogen (secondary N) is 1. The molecule has 170 valence electrons. The third kappa shape index (κ3) is 3.47. The molecule has 1 spiro atoms. The van der Waals surface area contributed by atoms with Gasteiger partial charge in [-0.05, 0) is 32.6 Å². The van der Waals surface area contributed by atoms with E-state index < -0.39 is 11.6 Å². The summed E-state index contributed by atoms with van der Waals surface area (Å²) in [6.07, 6.45) is 8.30. The topological polar surface area (TPSA) is 145 Å². The number of carbonyl (C=O) groups excluding carboxylic acids is 1. The number of fused-ring (bicyclic) bond motifs is 1. The zero-order valence-electron chi connectivity index (χ0n) is 18.1. The monoisotopic (exact) mass is 440 g/mol. The zero-order valence-corrected chi connectivity index (χ0v) is 18.1. The van der Waals surface area contributed by atoms with E-state index in [0.29, 0.717) is 38.6 Å². The van der Waals surface area contributed by atoms with Crippen molar-refractivity contribution in [3.63, 3.8) is 0 Å². The first-order valence-corrected chi connectivity index (χ1v) is 11.3. The highest BCUT2D eigenvalue weighted by atomic mass is 16.7. The summed E-state index contributed by atoms with van der Waals surface area (Å²) in [6, 6.07) is 0.166. The van der Waals surface area contributed by atoms with E-state index in [1.54, 1.807) is 0 Å². The molecule has 3 heterocycles. The van der Waals surface area contributed by atoms with E-state index in [9.17, 15) is 14.7 Å².